The molecule has 7 nitrogen and oxygen atoms in total. The normalized spacial score (nSPS) is 15.1. The van der Waals surface area contributed by atoms with Crippen LogP contribution in [0.1, 0.15) is 44.6 Å². The Bertz CT molecular complexity index is 627. The van der Waals surface area contributed by atoms with Gasteiger partial charge in [0, 0.05) is 19.6 Å². The largest absolute Gasteiger partial charge is 0.492 e. The van der Waals surface area contributed by atoms with Crippen molar-refractivity contribution in [2.24, 2.45) is 5.92 Å². The highest BCUT2D eigenvalue weighted by molar-refractivity contribution is 5.72. The van der Waals surface area contributed by atoms with E-state index in [4.69, 9.17) is 14.2 Å². The molecular weight excluding hydrogens is 374 g/mol. The van der Waals surface area contributed by atoms with Gasteiger partial charge < -0.3 is 24.2 Å². The summed E-state index contributed by atoms with van der Waals surface area (Å²) in [7, 11) is 1.40. The lowest BCUT2D eigenvalue weighted by molar-refractivity contribution is -0.149. The molecule has 1 amide bonds. The van der Waals surface area contributed by atoms with Crippen LogP contribution in [0.2, 0.25) is 0 Å². The van der Waals surface area contributed by atoms with Gasteiger partial charge in [0.05, 0.1) is 13.7 Å². The number of carboxylic acids is 1. The molecule has 1 saturated carbocycles. The molecule has 1 aromatic rings. The van der Waals surface area contributed by atoms with Crippen molar-refractivity contribution >= 4 is 12.1 Å². The Labute approximate surface area is 172 Å². The third-order valence-corrected chi connectivity index (χ3v) is 5.33. The van der Waals surface area contributed by atoms with E-state index in [0.29, 0.717) is 44.4 Å². The van der Waals surface area contributed by atoms with E-state index in [1.54, 1.807) is 24.0 Å². The minimum atomic E-state index is -0.965. The maximum Gasteiger partial charge on any atom is 0.409 e. The maximum absolute atomic E-state index is 12.0. The van der Waals surface area contributed by atoms with E-state index >= 15 is 0 Å². The number of hydrogen-bond acceptors (Lipinski definition) is 5. The summed E-state index contributed by atoms with van der Waals surface area (Å²) in [4.78, 5) is 24.9. The third kappa shape index (κ3) is 7.93. The van der Waals surface area contributed by atoms with E-state index in [0.717, 1.165) is 12.0 Å². The van der Waals surface area contributed by atoms with Gasteiger partial charge in [-0.15, -0.1) is 0 Å². The monoisotopic (exact) mass is 407 g/mol. The van der Waals surface area contributed by atoms with Crippen molar-refractivity contribution in [3.63, 3.8) is 0 Å². The average Bonchev–Trinajstić information content (AvgIpc) is 3.24. The topological polar surface area (TPSA) is 85.3 Å². The molecule has 1 aliphatic carbocycles. The summed E-state index contributed by atoms with van der Waals surface area (Å²) in [6.45, 7) is 3.66. The second-order valence-corrected chi connectivity index (χ2v) is 7.37. The minimum Gasteiger partial charge on any atom is -0.492 e. The van der Waals surface area contributed by atoms with Crippen LogP contribution in [0.25, 0.3) is 0 Å². The second kappa shape index (κ2) is 12.3. The Morgan fingerprint density at radius 2 is 1.86 bits per heavy atom. The fourth-order valence-electron chi connectivity index (χ4n) is 3.69. The number of carboxylic acid groups (broad SMARTS) is 1. The number of ether oxygens (including phenoxy) is 3. The highest BCUT2D eigenvalue weighted by atomic mass is 16.5. The Morgan fingerprint density at radius 1 is 1.17 bits per heavy atom. The van der Waals surface area contributed by atoms with Crippen molar-refractivity contribution in [3.8, 4) is 5.75 Å². The summed E-state index contributed by atoms with van der Waals surface area (Å²) in [5.41, 5.74) is 0.867. The van der Waals surface area contributed by atoms with E-state index in [1.807, 2.05) is 12.1 Å². The minimum absolute atomic E-state index is 0.306. The summed E-state index contributed by atoms with van der Waals surface area (Å²) in [5, 5.41) is 9.17. The van der Waals surface area contributed by atoms with Crippen LogP contribution >= 0.6 is 0 Å². The lowest BCUT2D eigenvalue weighted by Gasteiger charge is -2.23. The van der Waals surface area contributed by atoms with Gasteiger partial charge in [-0.05, 0) is 37.0 Å². The second-order valence-electron chi connectivity index (χ2n) is 7.37. The van der Waals surface area contributed by atoms with Gasteiger partial charge in [-0.2, -0.15) is 0 Å². The average molecular weight is 408 g/mol. The number of nitrogens with zero attached hydrogens (tertiary/aromatic N) is 1. The van der Waals surface area contributed by atoms with Crippen LogP contribution in [-0.4, -0.2) is 61.6 Å². The zero-order valence-electron chi connectivity index (χ0n) is 17.5. The molecule has 0 radical (unpaired) electrons. The van der Waals surface area contributed by atoms with Gasteiger partial charge >= 0.3 is 12.1 Å². The van der Waals surface area contributed by atoms with E-state index in [2.05, 4.69) is 0 Å². The lowest BCUT2D eigenvalue weighted by atomic mass is 10.0. The summed E-state index contributed by atoms with van der Waals surface area (Å²) >= 11 is 0. The van der Waals surface area contributed by atoms with Crippen LogP contribution in [0, 0.1) is 5.92 Å². The zero-order valence-corrected chi connectivity index (χ0v) is 17.5. The summed E-state index contributed by atoms with van der Waals surface area (Å²) in [6.07, 6.45) is 5.24. The summed E-state index contributed by atoms with van der Waals surface area (Å²) in [5.74, 6) is 0.423. The summed E-state index contributed by atoms with van der Waals surface area (Å²) < 4.78 is 15.9. The van der Waals surface area contributed by atoms with Crippen molar-refractivity contribution in [1.29, 1.82) is 0 Å². The SMILES string of the molecule is CCOC(Cc1ccc(OCCN(CCC2CCCC2)C(=O)OC)cc1)C(=O)O. The van der Waals surface area contributed by atoms with Crippen molar-refractivity contribution in [2.45, 2.75) is 51.6 Å². The molecule has 1 fully saturated rings. The maximum atomic E-state index is 12.0. The highest BCUT2D eigenvalue weighted by Gasteiger charge is 2.20. The molecule has 0 heterocycles. The molecule has 0 saturated heterocycles. The van der Waals surface area contributed by atoms with Crippen LogP contribution in [0.4, 0.5) is 4.79 Å². The fourth-order valence-corrected chi connectivity index (χ4v) is 3.69. The Morgan fingerprint density at radius 3 is 2.45 bits per heavy atom. The van der Waals surface area contributed by atoms with Gasteiger partial charge in [0.2, 0.25) is 0 Å². The van der Waals surface area contributed by atoms with Crippen molar-refractivity contribution in [3.05, 3.63) is 29.8 Å². The van der Waals surface area contributed by atoms with E-state index < -0.39 is 12.1 Å². The molecule has 1 aromatic carbocycles. The van der Waals surface area contributed by atoms with Gasteiger partial charge in [0.1, 0.15) is 12.4 Å². The molecule has 2 rings (SSSR count). The van der Waals surface area contributed by atoms with Crippen LogP contribution in [-0.2, 0) is 20.7 Å². The third-order valence-electron chi connectivity index (χ3n) is 5.33. The van der Waals surface area contributed by atoms with Gasteiger partial charge in [0.15, 0.2) is 6.10 Å². The van der Waals surface area contributed by atoms with Crippen molar-refractivity contribution < 1.29 is 28.9 Å². The quantitative estimate of drug-likeness (QED) is 0.568. The number of amides is 1. The van der Waals surface area contributed by atoms with E-state index in [-0.39, 0.29) is 6.09 Å². The van der Waals surface area contributed by atoms with Crippen LogP contribution in [0.3, 0.4) is 0 Å². The highest BCUT2D eigenvalue weighted by Crippen LogP contribution is 2.27. The lowest BCUT2D eigenvalue weighted by Crippen LogP contribution is -2.36. The number of benzene rings is 1. The number of methoxy groups -OCH3 is 1. The number of carbonyl (C=O) groups excluding carboxylic acids is 1. The van der Waals surface area contributed by atoms with E-state index in [9.17, 15) is 14.7 Å². The Balaban J connectivity index is 1.79. The molecule has 1 N–H and O–H groups in total. The van der Waals surface area contributed by atoms with Crippen molar-refractivity contribution in [2.75, 3.05) is 33.4 Å². The molecule has 162 valence electrons. The zero-order chi connectivity index (χ0) is 21.1. The molecule has 0 aromatic heterocycles. The van der Waals surface area contributed by atoms with Crippen LogP contribution in [0.5, 0.6) is 5.75 Å². The van der Waals surface area contributed by atoms with Gasteiger partial charge in [-0.3, -0.25) is 0 Å². The molecule has 1 aliphatic rings. The molecule has 0 aliphatic heterocycles. The number of hydrogen-bond donors (Lipinski definition) is 1. The molecular formula is C22H33NO6. The molecule has 29 heavy (non-hydrogen) atoms. The van der Waals surface area contributed by atoms with Gasteiger partial charge in [0.25, 0.3) is 0 Å². The number of carbonyl (C=O) groups is 2. The Kier molecular flexibility index (Phi) is 9.77. The molecule has 0 spiro atoms. The molecule has 7 heteroatoms. The predicted molar refractivity (Wildman–Crippen MR) is 109 cm³/mol. The van der Waals surface area contributed by atoms with Crippen LogP contribution in [0.15, 0.2) is 24.3 Å². The van der Waals surface area contributed by atoms with Gasteiger partial charge in [-0.1, -0.05) is 37.8 Å². The first-order valence-electron chi connectivity index (χ1n) is 10.4. The number of aliphatic carboxylic acids is 1. The van der Waals surface area contributed by atoms with Crippen LogP contribution < -0.4 is 4.74 Å². The molecule has 1 atom stereocenters. The smallest absolute Gasteiger partial charge is 0.409 e. The molecule has 1 unspecified atom stereocenters. The summed E-state index contributed by atoms with van der Waals surface area (Å²) in [6, 6.07) is 7.29. The first-order valence-corrected chi connectivity index (χ1v) is 10.4. The number of rotatable bonds is 12. The predicted octanol–water partition coefficient (Wildman–Crippen LogP) is 3.75. The first-order chi connectivity index (χ1) is 14.0. The van der Waals surface area contributed by atoms with Gasteiger partial charge in [-0.25, -0.2) is 9.59 Å². The fraction of sp³-hybridized carbons (Fsp3) is 0.636. The molecule has 0 bridgehead atoms. The first kappa shape index (κ1) is 23.0. The van der Waals surface area contributed by atoms with Crippen molar-refractivity contribution in [1.82, 2.24) is 4.90 Å². The standard InChI is InChI=1S/C22H33NO6/c1-3-28-20(21(24)25)16-18-8-10-19(11-9-18)29-15-14-23(22(26)27-2)13-12-17-6-4-5-7-17/h8-11,17,20H,3-7,12-16H2,1-2H3,(H,24,25). The van der Waals surface area contributed by atoms with E-state index in [1.165, 1.54) is 32.8 Å². The Hall–Kier alpha value is -2.28.